The van der Waals surface area contributed by atoms with Gasteiger partial charge >= 0.3 is 5.97 Å². The predicted octanol–water partition coefficient (Wildman–Crippen LogP) is 4.77. The summed E-state index contributed by atoms with van der Waals surface area (Å²) in [4.78, 5) is 23.5. The lowest BCUT2D eigenvalue weighted by molar-refractivity contribution is 0.0375. The number of rotatable bonds is 5. The number of ether oxygens (including phenoxy) is 2. The highest BCUT2D eigenvalue weighted by Crippen LogP contribution is 2.41. The van der Waals surface area contributed by atoms with Crippen molar-refractivity contribution in [3.63, 3.8) is 0 Å². The van der Waals surface area contributed by atoms with Crippen LogP contribution in [0.3, 0.4) is 0 Å². The zero-order valence-corrected chi connectivity index (χ0v) is 19.2. The number of benzene rings is 1. The molecule has 174 valence electrons. The highest BCUT2D eigenvalue weighted by molar-refractivity contribution is 6.21. The van der Waals surface area contributed by atoms with Crippen molar-refractivity contribution in [2.24, 2.45) is 4.99 Å². The van der Waals surface area contributed by atoms with Gasteiger partial charge in [0.1, 0.15) is 5.75 Å². The molecule has 1 N–H and O–H groups in total. The van der Waals surface area contributed by atoms with Crippen molar-refractivity contribution in [3.8, 4) is 11.5 Å². The fraction of sp³-hybridized carbons (Fsp3) is 0.269. The quantitative estimate of drug-likeness (QED) is 0.549. The largest absolute Gasteiger partial charge is 0.504 e. The smallest absolute Gasteiger partial charge is 0.347 e. The monoisotopic (exact) mass is 459 g/mol. The Morgan fingerprint density at radius 1 is 1.26 bits per heavy atom. The van der Waals surface area contributed by atoms with Gasteiger partial charge in [-0.1, -0.05) is 6.07 Å². The van der Waals surface area contributed by atoms with E-state index in [4.69, 9.17) is 13.9 Å². The molecular weight excluding hydrogens is 434 g/mol. The van der Waals surface area contributed by atoms with Gasteiger partial charge in [0.15, 0.2) is 22.9 Å². The lowest BCUT2D eigenvalue weighted by atomic mass is 9.99. The molecule has 0 bridgehead atoms. The molecule has 2 aliphatic heterocycles. The number of furan rings is 1. The summed E-state index contributed by atoms with van der Waals surface area (Å²) in [6.45, 7) is 4.67. The van der Waals surface area contributed by atoms with Crippen LogP contribution in [-0.2, 0) is 17.7 Å². The number of hydrogen-bond donors (Lipinski definition) is 1. The number of methoxy groups -OCH3 is 1. The number of aromatic nitrogens is 1. The van der Waals surface area contributed by atoms with Crippen LogP contribution in [0.15, 0.2) is 45.9 Å². The van der Waals surface area contributed by atoms with E-state index in [1.54, 1.807) is 39.4 Å². The standard InChI is InChI=1S/C26H25N3O5/c1-15(2)33-26(31)22-23(30)21(12-18-13-28-24-20(18)5-4-9-27-24)34-25(22)29-10-8-16-11-19(32-3)7-6-17(16)14-29/h4-7,9,11-13,15,30H,8,10,14H2,1-3H3. The summed E-state index contributed by atoms with van der Waals surface area (Å²) in [6, 6.07) is 9.67. The number of fused-ring (bicyclic) bond motifs is 2. The van der Waals surface area contributed by atoms with Crippen LogP contribution in [0.25, 0.3) is 11.6 Å². The van der Waals surface area contributed by atoms with Crippen LogP contribution < -0.4 is 9.64 Å². The molecule has 0 saturated carbocycles. The van der Waals surface area contributed by atoms with Crippen molar-refractivity contribution in [1.82, 2.24) is 4.98 Å². The number of allylic oxidation sites excluding steroid dienone is 1. The number of aliphatic imine (C=N–C) groups is 1. The third-order valence-electron chi connectivity index (χ3n) is 5.86. The maximum atomic E-state index is 13.0. The molecule has 0 saturated heterocycles. The van der Waals surface area contributed by atoms with Crippen LogP contribution >= 0.6 is 0 Å². The molecule has 8 nitrogen and oxygen atoms in total. The zero-order chi connectivity index (χ0) is 23.8. The molecule has 2 aromatic heterocycles. The predicted molar refractivity (Wildman–Crippen MR) is 129 cm³/mol. The van der Waals surface area contributed by atoms with Crippen LogP contribution in [-0.4, -0.2) is 42.0 Å². The number of esters is 1. The minimum atomic E-state index is -0.626. The second-order valence-corrected chi connectivity index (χ2v) is 8.49. The fourth-order valence-electron chi connectivity index (χ4n) is 4.22. The number of anilines is 1. The Hall–Kier alpha value is -4.07. The lowest BCUT2D eigenvalue weighted by Crippen LogP contribution is -2.31. The first-order chi connectivity index (χ1) is 16.4. The summed E-state index contributed by atoms with van der Waals surface area (Å²) in [5.41, 5.74) is 3.88. The number of nitrogens with zero attached hydrogens (tertiary/aromatic N) is 3. The molecular formula is C26H25N3O5. The molecule has 0 atom stereocenters. The average Bonchev–Trinajstić information content (AvgIpc) is 3.39. The summed E-state index contributed by atoms with van der Waals surface area (Å²) >= 11 is 0. The normalized spacial score (nSPS) is 15.5. The van der Waals surface area contributed by atoms with Crippen LogP contribution in [0.2, 0.25) is 0 Å². The van der Waals surface area contributed by atoms with Crippen LogP contribution in [0.1, 0.15) is 46.7 Å². The van der Waals surface area contributed by atoms with Crippen molar-refractivity contribution >= 4 is 35.5 Å². The highest BCUT2D eigenvalue weighted by atomic mass is 16.5. The number of pyridine rings is 1. The average molecular weight is 460 g/mol. The van der Waals surface area contributed by atoms with Gasteiger partial charge in [-0.3, -0.25) is 0 Å². The van der Waals surface area contributed by atoms with Crippen molar-refractivity contribution in [3.05, 3.63) is 64.5 Å². The Morgan fingerprint density at radius 2 is 2.12 bits per heavy atom. The molecule has 0 amide bonds. The van der Waals surface area contributed by atoms with E-state index in [2.05, 4.69) is 9.98 Å². The van der Waals surface area contributed by atoms with Crippen molar-refractivity contribution in [1.29, 1.82) is 0 Å². The fourth-order valence-corrected chi connectivity index (χ4v) is 4.22. The van der Waals surface area contributed by atoms with Gasteiger partial charge in [0.25, 0.3) is 0 Å². The van der Waals surface area contributed by atoms with E-state index < -0.39 is 5.97 Å². The maximum Gasteiger partial charge on any atom is 0.347 e. The van der Waals surface area contributed by atoms with Crippen molar-refractivity contribution in [2.45, 2.75) is 32.9 Å². The third kappa shape index (κ3) is 3.91. The van der Waals surface area contributed by atoms with Gasteiger partial charge < -0.3 is 23.9 Å². The Labute approximate surface area is 197 Å². The summed E-state index contributed by atoms with van der Waals surface area (Å²) in [5, 5.41) is 11.1. The summed E-state index contributed by atoms with van der Waals surface area (Å²) < 4.78 is 16.9. The first-order valence-electron chi connectivity index (χ1n) is 11.1. The molecule has 5 rings (SSSR count). The molecule has 4 heterocycles. The Bertz CT molecular complexity index is 1320. The van der Waals surface area contributed by atoms with Crippen LogP contribution in [0.4, 0.5) is 11.7 Å². The van der Waals surface area contributed by atoms with Crippen LogP contribution in [0, 0.1) is 0 Å². The van der Waals surface area contributed by atoms with Gasteiger partial charge in [0.05, 0.1) is 13.2 Å². The molecule has 2 aliphatic rings. The molecule has 0 spiro atoms. The van der Waals surface area contributed by atoms with Crippen molar-refractivity contribution < 1.29 is 23.8 Å². The molecule has 0 unspecified atom stereocenters. The van der Waals surface area contributed by atoms with E-state index in [0.717, 1.165) is 28.9 Å². The topological polar surface area (TPSA) is 97.4 Å². The van der Waals surface area contributed by atoms with Crippen molar-refractivity contribution in [2.75, 3.05) is 18.6 Å². The first kappa shape index (κ1) is 21.8. The van der Waals surface area contributed by atoms with E-state index >= 15 is 0 Å². The minimum Gasteiger partial charge on any atom is -0.504 e. The summed E-state index contributed by atoms with van der Waals surface area (Å²) in [5.74, 6) is 0.994. The first-order valence-corrected chi connectivity index (χ1v) is 11.1. The number of hydrogen-bond acceptors (Lipinski definition) is 8. The molecule has 0 radical (unpaired) electrons. The molecule has 8 heteroatoms. The van der Waals surface area contributed by atoms with Gasteiger partial charge in [0.2, 0.25) is 5.88 Å². The zero-order valence-electron chi connectivity index (χ0n) is 19.2. The molecule has 0 aliphatic carbocycles. The summed E-state index contributed by atoms with van der Waals surface area (Å²) in [6.07, 6.45) is 5.41. The number of carbonyl (C=O) groups excluding carboxylic acids is 1. The third-order valence-corrected chi connectivity index (χ3v) is 5.86. The van der Waals surface area contributed by atoms with E-state index in [9.17, 15) is 9.90 Å². The minimum absolute atomic E-state index is 0.0267. The van der Waals surface area contributed by atoms with Crippen LogP contribution in [0.5, 0.6) is 11.5 Å². The van der Waals surface area contributed by atoms with Gasteiger partial charge in [-0.2, -0.15) is 0 Å². The highest BCUT2D eigenvalue weighted by Gasteiger charge is 2.32. The van der Waals surface area contributed by atoms with Gasteiger partial charge in [-0.05, 0) is 61.7 Å². The van der Waals surface area contributed by atoms with Gasteiger partial charge in [-0.15, -0.1) is 0 Å². The second kappa shape index (κ2) is 8.70. The lowest BCUT2D eigenvalue weighted by Gasteiger charge is -2.29. The Morgan fingerprint density at radius 3 is 2.91 bits per heavy atom. The second-order valence-electron chi connectivity index (χ2n) is 8.49. The maximum absolute atomic E-state index is 13.0. The Kier molecular flexibility index (Phi) is 5.57. The SMILES string of the molecule is COc1ccc2c(c1)CCN(c1oc(C=C3C=Nc4ncccc43)c(O)c1C(=O)OC(C)C)C2. The van der Waals surface area contributed by atoms with Gasteiger partial charge in [0, 0.05) is 36.6 Å². The van der Waals surface area contributed by atoms with Gasteiger partial charge in [-0.25, -0.2) is 14.8 Å². The van der Waals surface area contributed by atoms with E-state index in [0.29, 0.717) is 18.9 Å². The number of aromatic hydroxyl groups is 1. The van der Waals surface area contributed by atoms with E-state index in [1.807, 2.05) is 35.2 Å². The molecule has 34 heavy (non-hydrogen) atoms. The number of carbonyl (C=O) groups is 1. The summed E-state index contributed by atoms with van der Waals surface area (Å²) in [7, 11) is 1.65. The Balaban J connectivity index is 1.55. The molecule has 1 aromatic carbocycles. The molecule has 0 fully saturated rings. The van der Waals surface area contributed by atoms with E-state index in [-0.39, 0.29) is 29.1 Å². The van der Waals surface area contributed by atoms with E-state index in [1.165, 1.54) is 5.56 Å². The molecule has 3 aromatic rings.